The zero-order valence-electron chi connectivity index (χ0n) is 11.3. The molecule has 5 nitrogen and oxygen atoms in total. The molecule has 3 N–H and O–H groups in total. The maximum atomic E-state index is 12.4. The molecule has 0 fully saturated rings. The lowest BCUT2D eigenvalue weighted by atomic mass is 10.2. The Balaban J connectivity index is 2.31. The molecule has 0 aliphatic carbocycles. The van der Waals surface area contributed by atoms with Gasteiger partial charge < -0.3 is 10.5 Å². The Morgan fingerprint density at radius 1 is 1.24 bits per heavy atom. The molecule has 7 heteroatoms. The number of sulfonamides is 1. The van der Waals surface area contributed by atoms with Crippen LogP contribution in [-0.2, 0) is 21.4 Å². The summed E-state index contributed by atoms with van der Waals surface area (Å²) in [7, 11) is -2.15. The number of nitrogens with two attached hydrogens (primary N) is 1. The first kappa shape index (κ1) is 15.8. The van der Waals surface area contributed by atoms with Gasteiger partial charge >= 0.3 is 0 Å². The predicted molar refractivity (Wildman–Crippen MR) is 86.5 cm³/mol. The standard InChI is InChI=1S/C14H15BrN2O3S/c1-20-9-10-3-2-4-12(7-10)17-21(18,19)14-6-5-11(15)8-13(14)16/h2-8,17H,9,16H2,1H3. The van der Waals surface area contributed by atoms with Crippen molar-refractivity contribution in [1.82, 2.24) is 0 Å². The number of hydrogen-bond acceptors (Lipinski definition) is 4. The van der Waals surface area contributed by atoms with Crippen LogP contribution in [0.1, 0.15) is 5.56 Å². The fraction of sp³-hybridized carbons (Fsp3) is 0.143. The molecule has 0 radical (unpaired) electrons. The van der Waals surface area contributed by atoms with Gasteiger partial charge in [-0.2, -0.15) is 0 Å². The van der Waals surface area contributed by atoms with Crippen LogP contribution in [0.5, 0.6) is 0 Å². The van der Waals surface area contributed by atoms with Crippen LogP contribution in [-0.4, -0.2) is 15.5 Å². The average molecular weight is 371 g/mol. The van der Waals surface area contributed by atoms with Crippen molar-refractivity contribution in [3.63, 3.8) is 0 Å². The molecule has 0 amide bonds. The van der Waals surface area contributed by atoms with Gasteiger partial charge in [-0.15, -0.1) is 0 Å². The molecule has 0 bridgehead atoms. The van der Waals surface area contributed by atoms with E-state index in [1.165, 1.54) is 6.07 Å². The molecule has 21 heavy (non-hydrogen) atoms. The lowest BCUT2D eigenvalue weighted by molar-refractivity contribution is 0.185. The quantitative estimate of drug-likeness (QED) is 0.792. The van der Waals surface area contributed by atoms with Gasteiger partial charge in [-0.05, 0) is 35.9 Å². The van der Waals surface area contributed by atoms with E-state index >= 15 is 0 Å². The topological polar surface area (TPSA) is 81.4 Å². The summed E-state index contributed by atoms with van der Waals surface area (Å²) in [6, 6.07) is 11.7. The van der Waals surface area contributed by atoms with Crippen LogP contribution in [0, 0.1) is 0 Å². The highest BCUT2D eigenvalue weighted by molar-refractivity contribution is 9.10. The summed E-state index contributed by atoms with van der Waals surface area (Å²) >= 11 is 3.25. The highest BCUT2D eigenvalue weighted by Gasteiger charge is 2.17. The van der Waals surface area contributed by atoms with E-state index in [1.807, 2.05) is 6.07 Å². The predicted octanol–water partition coefficient (Wildman–Crippen LogP) is 2.98. The fourth-order valence-electron chi connectivity index (χ4n) is 1.87. The molecule has 2 rings (SSSR count). The van der Waals surface area contributed by atoms with Crippen molar-refractivity contribution in [2.24, 2.45) is 0 Å². The monoisotopic (exact) mass is 370 g/mol. The van der Waals surface area contributed by atoms with E-state index in [2.05, 4.69) is 20.7 Å². The summed E-state index contributed by atoms with van der Waals surface area (Å²) in [6.07, 6.45) is 0. The number of hydrogen-bond donors (Lipinski definition) is 2. The van der Waals surface area contributed by atoms with Gasteiger partial charge in [0.1, 0.15) is 4.90 Å². The summed E-state index contributed by atoms with van der Waals surface area (Å²) in [5.74, 6) is 0. The number of ether oxygens (including phenoxy) is 1. The van der Waals surface area contributed by atoms with E-state index in [-0.39, 0.29) is 10.6 Å². The van der Waals surface area contributed by atoms with Crippen molar-refractivity contribution in [2.75, 3.05) is 17.6 Å². The van der Waals surface area contributed by atoms with Gasteiger partial charge in [-0.1, -0.05) is 28.1 Å². The molecule has 2 aromatic carbocycles. The van der Waals surface area contributed by atoms with Crippen molar-refractivity contribution in [3.8, 4) is 0 Å². The summed E-state index contributed by atoms with van der Waals surface area (Å²) in [6.45, 7) is 0.413. The van der Waals surface area contributed by atoms with E-state index in [9.17, 15) is 8.42 Å². The van der Waals surface area contributed by atoms with Gasteiger partial charge in [-0.3, -0.25) is 4.72 Å². The van der Waals surface area contributed by atoms with E-state index in [1.54, 1.807) is 37.4 Å². The van der Waals surface area contributed by atoms with Crippen molar-refractivity contribution in [1.29, 1.82) is 0 Å². The molecule has 112 valence electrons. The van der Waals surface area contributed by atoms with Crippen LogP contribution < -0.4 is 10.5 Å². The zero-order chi connectivity index (χ0) is 15.5. The highest BCUT2D eigenvalue weighted by atomic mass is 79.9. The lowest BCUT2D eigenvalue weighted by Gasteiger charge is -2.11. The summed E-state index contributed by atoms with van der Waals surface area (Å²) in [5.41, 5.74) is 7.30. The van der Waals surface area contributed by atoms with E-state index < -0.39 is 10.0 Å². The Morgan fingerprint density at radius 3 is 2.67 bits per heavy atom. The van der Waals surface area contributed by atoms with Gasteiger partial charge in [0.2, 0.25) is 0 Å². The van der Waals surface area contributed by atoms with Crippen LogP contribution in [0.25, 0.3) is 0 Å². The normalized spacial score (nSPS) is 11.3. The molecule has 0 atom stereocenters. The third-order valence-corrected chi connectivity index (χ3v) is 4.70. The summed E-state index contributed by atoms with van der Waals surface area (Å²) in [5, 5.41) is 0. The van der Waals surface area contributed by atoms with E-state index in [4.69, 9.17) is 10.5 Å². The first-order valence-electron chi connectivity index (χ1n) is 6.08. The number of methoxy groups -OCH3 is 1. The molecule has 0 aromatic heterocycles. The molecule has 0 saturated carbocycles. The van der Waals surface area contributed by atoms with Crippen molar-refractivity contribution in [2.45, 2.75) is 11.5 Å². The van der Waals surface area contributed by atoms with Crippen LogP contribution in [0.4, 0.5) is 11.4 Å². The van der Waals surface area contributed by atoms with Gasteiger partial charge in [0.25, 0.3) is 10.0 Å². The maximum absolute atomic E-state index is 12.4. The SMILES string of the molecule is COCc1cccc(NS(=O)(=O)c2ccc(Br)cc2N)c1. The van der Waals surface area contributed by atoms with Crippen molar-refractivity contribution < 1.29 is 13.2 Å². The van der Waals surface area contributed by atoms with E-state index in [0.717, 1.165) is 10.0 Å². The number of anilines is 2. The minimum Gasteiger partial charge on any atom is -0.398 e. The van der Waals surface area contributed by atoms with Gasteiger partial charge in [0, 0.05) is 17.3 Å². The highest BCUT2D eigenvalue weighted by Crippen LogP contribution is 2.25. The molecule has 0 aliphatic heterocycles. The Morgan fingerprint density at radius 2 is 2.00 bits per heavy atom. The molecule has 0 aliphatic rings. The molecular formula is C14H15BrN2O3S. The molecular weight excluding hydrogens is 356 g/mol. The fourth-order valence-corrected chi connectivity index (χ4v) is 3.41. The largest absolute Gasteiger partial charge is 0.398 e. The van der Waals surface area contributed by atoms with Gasteiger partial charge in [-0.25, -0.2) is 8.42 Å². The molecule has 2 aromatic rings. The third kappa shape index (κ3) is 3.96. The maximum Gasteiger partial charge on any atom is 0.263 e. The Bertz CT molecular complexity index is 748. The van der Waals surface area contributed by atoms with Crippen LogP contribution in [0.2, 0.25) is 0 Å². The second-order valence-electron chi connectivity index (χ2n) is 4.42. The summed E-state index contributed by atoms with van der Waals surface area (Å²) < 4.78 is 33.0. The Hall–Kier alpha value is -1.57. The minimum absolute atomic E-state index is 0.0443. The van der Waals surface area contributed by atoms with Crippen LogP contribution in [0.3, 0.4) is 0 Å². The molecule has 0 saturated heterocycles. The van der Waals surface area contributed by atoms with Crippen LogP contribution >= 0.6 is 15.9 Å². The average Bonchev–Trinajstić information content (AvgIpc) is 2.38. The Kier molecular flexibility index (Phi) is 4.87. The molecule has 0 heterocycles. The zero-order valence-corrected chi connectivity index (χ0v) is 13.7. The number of nitrogens with one attached hydrogen (secondary N) is 1. The number of benzene rings is 2. The van der Waals surface area contributed by atoms with Crippen molar-refractivity contribution >= 4 is 37.3 Å². The van der Waals surface area contributed by atoms with Crippen molar-refractivity contribution in [3.05, 3.63) is 52.5 Å². The van der Waals surface area contributed by atoms with E-state index in [0.29, 0.717) is 12.3 Å². The number of halogens is 1. The first-order valence-corrected chi connectivity index (χ1v) is 8.36. The summed E-state index contributed by atoms with van der Waals surface area (Å²) in [4.78, 5) is 0.0443. The van der Waals surface area contributed by atoms with Crippen LogP contribution in [0.15, 0.2) is 51.8 Å². The third-order valence-electron chi connectivity index (χ3n) is 2.75. The smallest absolute Gasteiger partial charge is 0.263 e. The molecule has 0 spiro atoms. The second-order valence-corrected chi connectivity index (χ2v) is 6.99. The Labute approximate surface area is 132 Å². The second kappa shape index (κ2) is 6.46. The first-order chi connectivity index (χ1) is 9.92. The van der Waals surface area contributed by atoms with Gasteiger partial charge in [0.05, 0.1) is 12.3 Å². The minimum atomic E-state index is -3.73. The number of nitrogen functional groups attached to an aromatic ring is 1. The lowest BCUT2D eigenvalue weighted by Crippen LogP contribution is -2.15. The van der Waals surface area contributed by atoms with Gasteiger partial charge in [0.15, 0.2) is 0 Å². The number of rotatable bonds is 5. The molecule has 0 unspecified atom stereocenters.